The molecule has 0 aliphatic rings. The van der Waals surface area contributed by atoms with Crippen LogP contribution in [0.5, 0.6) is 5.75 Å². The van der Waals surface area contributed by atoms with Crippen molar-refractivity contribution in [3.63, 3.8) is 0 Å². The van der Waals surface area contributed by atoms with Gasteiger partial charge in [-0.3, -0.25) is 0 Å². The molecule has 0 unspecified atom stereocenters. The number of para-hydroxylation sites is 2. The van der Waals surface area contributed by atoms with E-state index < -0.39 is 0 Å². The van der Waals surface area contributed by atoms with Crippen molar-refractivity contribution in [1.29, 1.82) is 0 Å². The Hall–Kier alpha value is -2.49. The van der Waals surface area contributed by atoms with E-state index in [1.807, 2.05) is 42.5 Å². The molecular formula is C21H16Cl2N2O. The Kier molecular flexibility index (Phi) is 4.58. The smallest absolute Gasteiger partial charge is 0.142 e. The zero-order chi connectivity index (χ0) is 18.1. The van der Waals surface area contributed by atoms with Crippen molar-refractivity contribution < 1.29 is 4.74 Å². The fourth-order valence-corrected chi connectivity index (χ4v) is 3.52. The average molecular weight is 383 g/mol. The van der Waals surface area contributed by atoms with E-state index in [0.717, 1.165) is 33.7 Å². The van der Waals surface area contributed by atoms with Crippen LogP contribution < -0.4 is 4.74 Å². The van der Waals surface area contributed by atoms with E-state index >= 15 is 0 Å². The Morgan fingerprint density at radius 2 is 1.73 bits per heavy atom. The number of fused-ring (bicyclic) bond motifs is 1. The molecule has 3 nitrogen and oxygen atoms in total. The number of imidazole rings is 1. The maximum atomic E-state index is 6.45. The Balaban J connectivity index is 1.86. The molecule has 0 saturated heterocycles. The highest BCUT2D eigenvalue weighted by molar-refractivity contribution is 6.36. The van der Waals surface area contributed by atoms with Gasteiger partial charge in [0.2, 0.25) is 0 Å². The Morgan fingerprint density at radius 3 is 2.46 bits per heavy atom. The molecule has 0 radical (unpaired) electrons. The molecule has 0 amide bonds. The molecule has 26 heavy (non-hydrogen) atoms. The highest BCUT2D eigenvalue weighted by Crippen LogP contribution is 2.32. The SMILES string of the molecule is COc1ccc(Cn2c(-c3ccc(Cl)cc3Cl)nc3ccccc32)cc1. The third-order valence-corrected chi connectivity index (χ3v) is 4.87. The van der Waals surface area contributed by atoms with Crippen LogP contribution in [0.3, 0.4) is 0 Å². The summed E-state index contributed by atoms with van der Waals surface area (Å²) in [5, 5.41) is 1.19. The van der Waals surface area contributed by atoms with Gasteiger partial charge in [-0.25, -0.2) is 4.98 Å². The molecule has 0 fully saturated rings. The van der Waals surface area contributed by atoms with Crippen LogP contribution >= 0.6 is 23.2 Å². The van der Waals surface area contributed by atoms with Gasteiger partial charge in [0.25, 0.3) is 0 Å². The van der Waals surface area contributed by atoms with E-state index in [9.17, 15) is 0 Å². The van der Waals surface area contributed by atoms with Crippen LogP contribution in [0.25, 0.3) is 22.4 Å². The van der Waals surface area contributed by atoms with Gasteiger partial charge in [0.1, 0.15) is 11.6 Å². The number of aromatic nitrogens is 2. The van der Waals surface area contributed by atoms with Crippen molar-refractivity contribution >= 4 is 34.2 Å². The minimum atomic E-state index is 0.587. The van der Waals surface area contributed by atoms with Crippen molar-refractivity contribution in [2.45, 2.75) is 6.54 Å². The monoisotopic (exact) mass is 382 g/mol. The highest BCUT2D eigenvalue weighted by Gasteiger charge is 2.15. The van der Waals surface area contributed by atoms with Gasteiger partial charge in [-0.15, -0.1) is 0 Å². The minimum absolute atomic E-state index is 0.587. The van der Waals surface area contributed by atoms with Gasteiger partial charge in [0, 0.05) is 17.1 Å². The summed E-state index contributed by atoms with van der Waals surface area (Å²) in [6.45, 7) is 0.679. The molecular weight excluding hydrogens is 367 g/mol. The lowest BCUT2D eigenvalue weighted by Crippen LogP contribution is -2.02. The lowest BCUT2D eigenvalue weighted by Gasteiger charge is -2.11. The highest BCUT2D eigenvalue weighted by atomic mass is 35.5. The summed E-state index contributed by atoms with van der Waals surface area (Å²) in [5.41, 5.74) is 4.01. The van der Waals surface area contributed by atoms with Gasteiger partial charge < -0.3 is 9.30 Å². The number of nitrogens with zero attached hydrogens (tertiary/aromatic N) is 2. The van der Waals surface area contributed by atoms with Crippen LogP contribution in [-0.2, 0) is 6.54 Å². The number of halogens is 2. The van der Waals surface area contributed by atoms with E-state index in [1.165, 1.54) is 0 Å². The first-order valence-corrected chi connectivity index (χ1v) is 8.95. The number of methoxy groups -OCH3 is 1. The summed E-state index contributed by atoms with van der Waals surface area (Å²) in [6.07, 6.45) is 0. The third-order valence-electron chi connectivity index (χ3n) is 4.33. The van der Waals surface area contributed by atoms with Gasteiger partial charge >= 0.3 is 0 Å². The third kappa shape index (κ3) is 3.16. The van der Waals surface area contributed by atoms with E-state index in [1.54, 1.807) is 13.2 Å². The van der Waals surface area contributed by atoms with Crippen molar-refractivity contribution in [3.05, 3.63) is 82.3 Å². The van der Waals surface area contributed by atoms with E-state index in [4.69, 9.17) is 32.9 Å². The number of ether oxygens (including phenoxy) is 1. The van der Waals surface area contributed by atoms with Crippen LogP contribution in [0.2, 0.25) is 10.0 Å². The first kappa shape index (κ1) is 17.0. The lowest BCUT2D eigenvalue weighted by atomic mass is 10.2. The number of hydrogen-bond donors (Lipinski definition) is 0. The number of hydrogen-bond acceptors (Lipinski definition) is 2. The quantitative estimate of drug-likeness (QED) is 0.428. The topological polar surface area (TPSA) is 27.1 Å². The van der Waals surface area contributed by atoms with Crippen molar-refractivity contribution in [2.24, 2.45) is 0 Å². The summed E-state index contributed by atoms with van der Waals surface area (Å²) in [5.74, 6) is 1.66. The predicted molar refractivity (Wildman–Crippen MR) is 107 cm³/mol. The van der Waals surface area contributed by atoms with Crippen molar-refractivity contribution in [2.75, 3.05) is 7.11 Å². The fraction of sp³-hybridized carbons (Fsp3) is 0.0952. The molecule has 0 saturated carbocycles. The van der Waals surface area contributed by atoms with Gasteiger partial charge in [-0.2, -0.15) is 0 Å². The van der Waals surface area contributed by atoms with Crippen molar-refractivity contribution in [1.82, 2.24) is 9.55 Å². The molecule has 4 aromatic rings. The van der Waals surface area contributed by atoms with Crippen LogP contribution in [-0.4, -0.2) is 16.7 Å². The summed E-state index contributed by atoms with van der Waals surface area (Å²) in [6, 6.07) is 21.6. The molecule has 0 bridgehead atoms. The average Bonchev–Trinajstić information content (AvgIpc) is 3.01. The lowest BCUT2D eigenvalue weighted by molar-refractivity contribution is 0.414. The molecule has 0 aliphatic carbocycles. The summed E-state index contributed by atoms with van der Waals surface area (Å²) < 4.78 is 7.42. The number of rotatable bonds is 4. The van der Waals surface area contributed by atoms with Gasteiger partial charge in [-0.05, 0) is 48.0 Å². The fourth-order valence-electron chi connectivity index (χ4n) is 3.03. The molecule has 0 N–H and O–H groups in total. The molecule has 0 aliphatic heterocycles. The molecule has 1 heterocycles. The predicted octanol–water partition coefficient (Wildman–Crippen LogP) is 6.07. The molecule has 3 aromatic carbocycles. The molecule has 4 rings (SSSR count). The maximum Gasteiger partial charge on any atom is 0.142 e. The van der Waals surface area contributed by atoms with E-state index in [-0.39, 0.29) is 0 Å². The maximum absolute atomic E-state index is 6.45. The second kappa shape index (κ2) is 7.02. The van der Waals surface area contributed by atoms with Gasteiger partial charge in [-0.1, -0.05) is 47.5 Å². The van der Waals surface area contributed by atoms with Gasteiger partial charge in [0.15, 0.2) is 0 Å². The Labute approximate surface area is 161 Å². The van der Waals surface area contributed by atoms with E-state index in [2.05, 4.69) is 22.8 Å². The molecule has 130 valence electrons. The Morgan fingerprint density at radius 1 is 0.962 bits per heavy atom. The molecule has 1 aromatic heterocycles. The van der Waals surface area contributed by atoms with Crippen LogP contribution in [0.1, 0.15) is 5.56 Å². The normalized spacial score (nSPS) is 11.0. The first-order chi connectivity index (χ1) is 12.7. The summed E-state index contributed by atoms with van der Waals surface area (Å²) in [4.78, 5) is 4.81. The molecule has 5 heteroatoms. The largest absolute Gasteiger partial charge is 0.497 e. The number of benzene rings is 3. The van der Waals surface area contributed by atoms with Crippen LogP contribution in [0.4, 0.5) is 0 Å². The van der Waals surface area contributed by atoms with Gasteiger partial charge in [0.05, 0.1) is 23.2 Å². The first-order valence-electron chi connectivity index (χ1n) is 8.19. The van der Waals surface area contributed by atoms with Crippen molar-refractivity contribution in [3.8, 4) is 17.1 Å². The van der Waals surface area contributed by atoms with Crippen LogP contribution in [0, 0.1) is 0 Å². The minimum Gasteiger partial charge on any atom is -0.497 e. The second-order valence-corrected chi connectivity index (χ2v) is 6.83. The van der Waals surface area contributed by atoms with Crippen LogP contribution in [0.15, 0.2) is 66.7 Å². The van der Waals surface area contributed by atoms with E-state index in [0.29, 0.717) is 16.6 Å². The standard InChI is InChI=1S/C21H16Cl2N2O/c1-26-16-9-6-14(7-10-16)13-25-20-5-3-2-4-19(20)24-21(25)17-11-8-15(22)12-18(17)23/h2-12H,13H2,1H3. The second-order valence-electron chi connectivity index (χ2n) is 5.98. The molecule has 0 atom stereocenters. The zero-order valence-corrected chi connectivity index (χ0v) is 15.6. The zero-order valence-electron chi connectivity index (χ0n) is 14.1. The Bertz CT molecular complexity index is 1070. The molecule has 0 spiro atoms. The summed E-state index contributed by atoms with van der Waals surface area (Å²) in [7, 11) is 1.67. The summed E-state index contributed by atoms with van der Waals surface area (Å²) >= 11 is 12.5.